The van der Waals surface area contributed by atoms with Crippen LogP contribution >= 0.6 is 0 Å². The molecule has 1 unspecified atom stereocenters. The summed E-state index contributed by atoms with van der Waals surface area (Å²) in [5.74, 6) is -0.258. The van der Waals surface area contributed by atoms with Crippen LogP contribution in [0.25, 0.3) is 0 Å². The number of carboxylic acids is 1. The SMILES string of the molecule is CCOc1cc2c(cc1NS(=O)(=O)c1cc(C(=O)O)ccc1OC)OC(C)C2. The van der Waals surface area contributed by atoms with E-state index in [0.29, 0.717) is 24.5 Å². The smallest absolute Gasteiger partial charge is 0.335 e. The van der Waals surface area contributed by atoms with Crippen molar-refractivity contribution >= 4 is 21.7 Å². The van der Waals surface area contributed by atoms with Crippen molar-refractivity contribution in [3.8, 4) is 17.2 Å². The van der Waals surface area contributed by atoms with Gasteiger partial charge in [-0.25, -0.2) is 13.2 Å². The fourth-order valence-electron chi connectivity index (χ4n) is 3.01. The molecule has 0 amide bonds. The molecule has 0 spiro atoms. The van der Waals surface area contributed by atoms with E-state index in [1.54, 1.807) is 19.1 Å². The molecule has 0 saturated carbocycles. The van der Waals surface area contributed by atoms with Gasteiger partial charge in [0.05, 0.1) is 25.0 Å². The number of nitrogens with one attached hydrogen (secondary N) is 1. The summed E-state index contributed by atoms with van der Waals surface area (Å²) in [6.45, 7) is 4.07. The van der Waals surface area contributed by atoms with Crippen LogP contribution in [0.2, 0.25) is 0 Å². The third-order valence-corrected chi connectivity index (χ3v) is 5.63. The minimum atomic E-state index is -4.16. The van der Waals surface area contributed by atoms with Gasteiger partial charge in [-0.3, -0.25) is 4.72 Å². The number of hydrogen-bond acceptors (Lipinski definition) is 6. The van der Waals surface area contributed by atoms with Crippen molar-refractivity contribution in [2.24, 2.45) is 0 Å². The maximum atomic E-state index is 13.0. The Hall–Kier alpha value is -2.94. The lowest BCUT2D eigenvalue weighted by Crippen LogP contribution is -2.16. The topological polar surface area (TPSA) is 111 Å². The Labute approximate surface area is 163 Å². The lowest BCUT2D eigenvalue weighted by Gasteiger charge is -2.16. The van der Waals surface area contributed by atoms with E-state index in [-0.39, 0.29) is 28.0 Å². The molecule has 1 heterocycles. The number of sulfonamides is 1. The molecular formula is C19H21NO7S. The number of rotatable bonds is 7. The lowest BCUT2D eigenvalue weighted by molar-refractivity contribution is 0.0696. The number of anilines is 1. The molecule has 1 aliphatic heterocycles. The number of carbonyl (C=O) groups is 1. The molecule has 28 heavy (non-hydrogen) atoms. The molecule has 2 aromatic rings. The van der Waals surface area contributed by atoms with Crippen molar-refractivity contribution in [2.45, 2.75) is 31.3 Å². The highest BCUT2D eigenvalue weighted by molar-refractivity contribution is 7.92. The molecule has 0 aromatic heterocycles. The zero-order chi connectivity index (χ0) is 20.5. The normalized spacial score (nSPS) is 15.5. The van der Waals surface area contributed by atoms with Crippen molar-refractivity contribution < 1.29 is 32.5 Å². The molecule has 150 valence electrons. The van der Waals surface area contributed by atoms with Gasteiger partial charge in [-0.05, 0) is 38.1 Å². The number of methoxy groups -OCH3 is 1. The van der Waals surface area contributed by atoms with E-state index >= 15 is 0 Å². The first-order valence-corrected chi connectivity index (χ1v) is 10.1. The summed E-state index contributed by atoms with van der Waals surface area (Å²) in [6, 6.07) is 6.96. The van der Waals surface area contributed by atoms with Gasteiger partial charge in [-0.15, -0.1) is 0 Å². The summed E-state index contributed by atoms with van der Waals surface area (Å²) in [4.78, 5) is 11.0. The van der Waals surface area contributed by atoms with E-state index in [9.17, 15) is 18.3 Å². The largest absolute Gasteiger partial charge is 0.495 e. The highest BCUT2D eigenvalue weighted by Gasteiger charge is 2.26. The van der Waals surface area contributed by atoms with Crippen LogP contribution in [0.3, 0.4) is 0 Å². The van der Waals surface area contributed by atoms with Crippen LogP contribution in [0.5, 0.6) is 17.2 Å². The number of aromatic carboxylic acids is 1. The predicted octanol–water partition coefficient (Wildman–Crippen LogP) is 2.92. The molecule has 2 N–H and O–H groups in total. The van der Waals surface area contributed by atoms with Crippen molar-refractivity contribution in [2.75, 3.05) is 18.4 Å². The second kappa shape index (κ2) is 7.59. The van der Waals surface area contributed by atoms with Gasteiger partial charge in [0.15, 0.2) is 0 Å². The van der Waals surface area contributed by atoms with E-state index in [4.69, 9.17) is 14.2 Å². The summed E-state index contributed by atoms with van der Waals surface area (Å²) in [7, 11) is -2.85. The van der Waals surface area contributed by atoms with E-state index in [0.717, 1.165) is 11.6 Å². The number of ether oxygens (including phenoxy) is 3. The lowest BCUT2D eigenvalue weighted by atomic mass is 10.1. The number of benzene rings is 2. The first-order valence-electron chi connectivity index (χ1n) is 8.65. The van der Waals surface area contributed by atoms with E-state index in [2.05, 4.69) is 4.72 Å². The summed E-state index contributed by atoms with van der Waals surface area (Å²) >= 11 is 0. The molecule has 1 atom stereocenters. The van der Waals surface area contributed by atoms with Gasteiger partial charge < -0.3 is 19.3 Å². The predicted molar refractivity (Wildman–Crippen MR) is 102 cm³/mol. The van der Waals surface area contributed by atoms with Crippen molar-refractivity contribution in [1.29, 1.82) is 0 Å². The van der Waals surface area contributed by atoms with E-state index in [1.807, 2.05) is 6.92 Å². The maximum absolute atomic E-state index is 13.0. The minimum absolute atomic E-state index is 0.0105. The number of fused-ring (bicyclic) bond motifs is 1. The highest BCUT2D eigenvalue weighted by Crippen LogP contribution is 2.39. The Morgan fingerprint density at radius 3 is 2.68 bits per heavy atom. The standard InChI is InChI=1S/C19H21NO7S/c1-4-26-17-8-13-7-11(2)27-16(13)10-14(17)20-28(23,24)18-9-12(19(21)22)5-6-15(18)25-3/h5-6,8-11,20H,4,7H2,1-3H3,(H,21,22). The van der Waals surface area contributed by atoms with Gasteiger partial charge in [0, 0.05) is 18.1 Å². The van der Waals surface area contributed by atoms with Crippen LogP contribution in [0.4, 0.5) is 5.69 Å². The van der Waals surface area contributed by atoms with Crippen molar-refractivity contribution in [3.05, 3.63) is 41.5 Å². The summed E-state index contributed by atoms with van der Waals surface area (Å²) in [5.41, 5.74) is 0.971. The minimum Gasteiger partial charge on any atom is -0.495 e. The van der Waals surface area contributed by atoms with Crippen LogP contribution in [0, 0.1) is 0 Å². The Kier molecular flexibility index (Phi) is 5.37. The molecule has 0 fully saturated rings. The third kappa shape index (κ3) is 3.84. The van der Waals surface area contributed by atoms with Gasteiger partial charge in [0.1, 0.15) is 28.2 Å². The molecule has 8 nitrogen and oxygen atoms in total. The van der Waals surface area contributed by atoms with Gasteiger partial charge >= 0.3 is 5.97 Å². The quantitative estimate of drug-likeness (QED) is 0.726. The molecule has 0 radical (unpaired) electrons. The van der Waals surface area contributed by atoms with E-state index in [1.165, 1.54) is 19.2 Å². The van der Waals surface area contributed by atoms with Crippen LogP contribution in [-0.4, -0.2) is 39.3 Å². The number of carboxylic acid groups (broad SMARTS) is 1. The van der Waals surface area contributed by atoms with E-state index < -0.39 is 16.0 Å². The van der Waals surface area contributed by atoms with Crippen LogP contribution in [-0.2, 0) is 16.4 Å². The molecular weight excluding hydrogens is 386 g/mol. The second-order valence-corrected chi connectivity index (χ2v) is 7.95. The van der Waals surface area contributed by atoms with Crippen molar-refractivity contribution in [1.82, 2.24) is 0 Å². The zero-order valence-electron chi connectivity index (χ0n) is 15.7. The first-order chi connectivity index (χ1) is 13.2. The fraction of sp³-hybridized carbons (Fsp3) is 0.316. The highest BCUT2D eigenvalue weighted by atomic mass is 32.2. The Balaban J connectivity index is 2.05. The molecule has 0 saturated heterocycles. The second-order valence-electron chi connectivity index (χ2n) is 6.30. The zero-order valence-corrected chi connectivity index (χ0v) is 16.5. The monoisotopic (exact) mass is 407 g/mol. The fourth-order valence-corrected chi connectivity index (χ4v) is 4.27. The molecule has 2 aromatic carbocycles. The molecule has 0 bridgehead atoms. The average Bonchev–Trinajstić information content (AvgIpc) is 3.00. The Morgan fingerprint density at radius 2 is 2.04 bits per heavy atom. The first kappa shape index (κ1) is 19.8. The summed E-state index contributed by atoms with van der Waals surface area (Å²) in [6.07, 6.45) is 0.695. The molecule has 1 aliphatic rings. The molecule has 9 heteroatoms. The van der Waals surface area contributed by atoms with Crippen LogP contribution in [0.15, 0.2) is 35.2 Å². The van der Waals surface area contributed by atoms with Gasteiger partial charge in [-0.2, -0.15) is 0 Å². The molecule has 3 rings (SSSR count). The summed E-state index contributed by atoms with van der Waals surface area (Å²) in [5, 5.41) is 9.18. The van der Waals surface area contributed by atoms with Gasteiger partial charge in [0.2, 0.25) is 0 Å². The van der Waals surface area contributed by atoms with Crippen LogP contribution in [0.1, 0.15) is 29.8 Å². The Bertz CT molecular complexity index is 1020. The average molecular weight is 407 g/mol. The van der Waals surface area contributed by atoms with Gasteiger partial charge in [0.25, 0.3) is 10.0 Å². The third-order valence-electron chi connectivity index (χ3n) is 4.24. The number of hydrogen-bond donors (Lipinski definition) is 2. The summed E-state index contributed by atoms with van der Waals surface area (Å²) < 4.78 is 44.9. The van der Waals surface area contributed by atoms with Crippen molar-refractivity contribution in [3.63, 3.8) is 0 Å². The van der Waals surface area contributed by atoms with Crippen LogP contribution < -0.4 is 18.9 Å². The Morgan fingerprint density at radius 1 is 1.29 bits per heavy atom. The van der Waals surface area contributed by atoms with Gasteiger partial charge in [-0.1, -0.05) is 0 Å². The maximum Gasteiger partial charge on any atom is 0.335 e. The molecule has 0 aliphatic carbocycles.